The molecule has 3 heteroatoms. The molecule has 1 fully saturated rings. The minimum atomic E-state index is 0.670. The Morgan fingerprint density at radius 1 is 0.962 bits per heavy atom. The lowest BCUT2D eigenvalue weighted by Gasteiger charge is -2.18. The highest BCUT2D eigenvalue weighted by molar-refractivity contribution is 5.96. The zero-order valence-electron chi connectivity index (χ0n) is 15.5. The first kappa shape index (κ1) is 16.9. The zero-order chi connectivity index (χ0) is 17.9. The van der Waals surface area contributed by atoms with E-state index >= 15 is 0 Å². The third kappa shape index (κ3) is 3.39. The summed E-state index contributed by atoms with van der Waals surface area (Å²) in [5, 5.41) is 9.70. The van der Waals surface area contributed by atoms with Crippen LogP contribution in [0.25, 0.3) is 10.9 Å². The van der Waals surface area contributed by atoms with Crippen molar-refractivity contribution in [2.45, 2.75) is 39.2 Å². The molecule has 3 nitrogen and oxygen atoms in total. The van der Waals surface area contributed by atoms with Crippen molar-refractivity contribution >= 4 is 16.7 Å². The van der Waals surface area contributed by atoms with Gasteiger partial charge in [-0.1, -0.05) is 43.7 Å². The molecule has 0 atom stereocenters. The van der Waals surface area contributed by atoms with Crippen molar-refractivity contribution in [3.63, 3.8) is 0 Å². The normalized spacial score (nSPS) is 14.3. The first-order valence-electron chi connectivity index (χ1n) is 9.75. The highest BCUT2D eigenvalue weighted by Crippen LogP contribution is 2.20. The van der Waals surface area contributed by atoms with E-state index in [0.717, 1.165) is 31.6 Å². The summed E-state index contributed by atoms with van der Waals surface area (Å²) in [5.41, 5.74) is 5.01. The van der Waals surface area contributed by atoms with Crippen molar-refractivity contribution in [2.75, 3.05) is 13.1 Å². The Hall–Kier alpha value is -2.55. The van der Waals surface area contributed by atoms with Crippen LogP contribution in [0.5, 0.6) is 0 Å². The van der Waals surface area contributed by atoms with Crippen LogP contribution in [0.15, 0.2) is 54.7 Å². The highest BCUT2D eigenvalue weighted by Gasteiger charge is 2.16. The van der Waals surface area contributed by atoms with Crippen LogP contribution in [-0.2, 0) is 13.0 Å². The fourth-order valence-corrected chi connectivity index (χ4v) is 3.92. The predicted octanol–water partition coefficient (Wildman–Crippen LogP) is 5.06. The van der Waals surface area contributed by atoms with Crippen LogP contribution < -0.4 is 0 Å². The second-order valence-electron chi connectivity index (χ2n) is 7.33. The largest absolute Gasteiger partial charge is 0.357 e. The van der Waals surface area contributed by atoms with E-state index in [1.807, 2.05) is 0 Å². The van der Waals surface area contributed by atoms with Gasteiger partial charge in [-0.15, -0.1) is 0 Å². The lowest BCUT2D eigenvalue weighted by Crippen LogP contribution is -2.27. The number of aryl methyl sites for hydroxylation is 1. The summed E-state index contributed by atoms with van der Waals surface area (Å²) in [6, 6.07) is 17.6. The first-order valence-corrected chi connectivity index (χ1v) is 9.75. The van der Waals surface area contributed by atoms with E-state index in [0.29, 0.717) is 5.84 Å². The molecule has 0 bridgehead atoms. The molecule has 1 N–H and O–H groups in total. The van der Waals surface area contributed by atoms with Crippen molar-refractivity contribution in [2.24, 2.45) is 0 Å². The van der Waals surface area contributed by atoms with E-state index in [9.17, 15) is 0 Å². The van der Waals surface area contributed by atoms with Crippen LogP contribution in [0.1, 0.15) is 42.9 Å². The van der Waals surface area contributed by atoms with Crippen molar-refractivity contribution in [1.82, 2.24) is 9.47 Å². The number of hydrogen-bond donors (Lipinski definition) is 1. The standard InChI is InChI=1S/C23H27N3/c1-2-5-18-8-11-22-21(16-18)12-15-26(22)17-19-6-9-20(10-7-19)23(24)25-13-3-4-14-25/h6-12,15-16,24H,2-5,13-14,17H2,1H3. The third-order valence-electron chi connectivity index (χ3n) is 5.38. The van der Waals surface area contributed by atoms with Gasteiger partial charge >= 0.3 is 0 Å². The van der Waals surface area contributed by atoms with E-state index < -0.39 is 0 Å². The van der Waals surface area contributed by atoms with Crippen molar-refractivity contribution in [3.8, 4) is 0 Å². The fourth-order valence-electron chi connectivity index (χ4n) is 3.92. The number of likely N-dealkylation sites (tertiary alicyclic amines) is 1. The molecule has 134 valence electrons. The Balaban J connectivity index is 1.50. The molecular weight excluding hydrogens is 318 g/mol. The second kappa shape index (κ2) is 7.36. The number of aromatic nitrogens is 1. The van der Waals surface area contributed by atoms with Gasteiger partial charge in [-0.3, -0.25) is 5.41 Å². The molecule has 1 aliphatic heterocycles. The van der Waals surface area contributed by atoms with Crippen LogP contribution in [0, 0.1) is 5.41 Å². The molecule has 1 saturated heterocycles. The maximum absolute atomic E-state index is 8.38. The summed E-state index contributed by atoms with van der Waals surface area (Å²) < 4.78 is 2.31. The molecule has 2 heterocycles. The average molecular weight is 345 g/mol. The summed E-state index contributed by atoms with van der Waals surface area (Å²) >= 11 is 0. The van der Waals surface area contributed by atoms with Crippen molar-refractivity contribution in [1.29, 1.82) is 5.41 Å². The van der Waals surface area contributed by atoms with E-state index in [-0.39, 0.29) is 0 Å². The Bertz CT molecular complexity index is 899. The molecule has 0 aliphatic carbocycles. The quantitative estimate of drug-likeness (QED) is 0.508. The lowest BCUT2D eigenvalue weighted by atomic mass is 10.1. The minimum absolute atomic E-state index is 0.670. The molecule has 0 amide bonds. The van der Waals surface area contributed by atoms with E-state index in [1.165, 1.54) is 41.3 Å². The molecule has 0 spiro atoms. The third-order valence-corrected chi connectivity index (χ3v) is 5.38. The number of nitrogens with one attached hydrogen (secondary N) is 1. The number of benzene rings is 2. The van der Waals surface area contributed by atoms with Gasteiger partial charge in [-0.05, 0) is 54.0 Å². The number of rotatable bonds is 5. The first-order chi connectivity index (χ1) is 12.7. The van der Waals surface area contributed by atoms with Gasteiger partial charge in [0.15, 0.2) is 0 Å². The van der Waals surface area contributed by atoms with E-state index in [4.69, 9.17) is 5.41 Å². The summed E-state index contributed by atoms with van der Waals surface area (Å²) in [6.45, 7) is 5.14. The van der Waals surface area contributed by atoms with Crippen molar-refractivity contribution in [3.05, 3.63) is 71.4 Å². The van der Waals surface area contributed by atoms with Crippen LogP contribution in [0.4, 0.5) is 0 Å². The molecule has 26 heavy (non-hydrogen) atoms. The zero-order valence-corrected chi connectivity index (χ0v) is 15.5. The fraction of sp³-hybridized carbons (Fsp3) is 0.348. The van der Waals surface area contributed by atoms with Gasteiger partial charge in [0.05, 0.1) is 0 Å². The topological polar surface area (TPSA) is 32.0 Å². The van der Waals surface area contributed by atoms with Crippen molar-refractivity contribution < 1.29 is 0 Å². The maximum atomic E-state index is 8.38. The molecule has 1 aromatic heterocycles. The van der Waals surface area contributed by atoms with Gasteiger partial charge in [0.2, 0.25) is 0 Å². The molecule has 4 rings (SSSR count). The van der Waals surface area contributed by atoms with Crippen LogP contribution in [0.3, 0.4) is 0 Å². The summed E-state index contributed by atoms with van der Waals surface area (Å²) in [7, 11) is 0. The number of amidine groups is 1. The van der Waals surface area contributed by atoms with Crippen LogP contribution >= 0.6 is 0 Å². The molecule has 0 saturated carbocycles. The Morgan fingerprint density at radius 3 is 2.42 bits per heavy atom. The number of hydrogen-bond acceptors (Lipinski definition) is 1. The smallest absolute Gasteiger partial charge is 0.128 e. The molecule has 0 radical (unpaired) electrons. The number of nitrogens with zero attached hydrogens (tertiary/aromatic N) is 2. The molecule has 1 aliphatic rings. The maximum Gasteiger partial charge on any atom is 0.128 e. The SMILES string of the molecule is CCCc1ccc2c(ccn2Cc2ccc(C(=N)N3CCCC3)cc2)c1. The Kier molecular flexibility index (Phi) is 4.79. The molecule has 3 aromatic rings. The molecule has 0 unspecified atom stereocenters. The predicted molar refractivity (Wildman–Crippen MR) is 109 cm³/mol. The van der Waals surface area contributed by atoms with Gasteiger partial charge < -0.3 is 9.47 Å². The van der Waals surface area contributed by atoms with Crippen LogP contribution in [0.2, 0.25) is 0 Å². The van der Waals surface area contributed by atoms with Gasteiger partial charge in [0, 0.05) is 36.9 Å². The van der Waals surface area contributed by atoms with E-state index in [2.05, 4.69) is 71.1 Å². The van der Waals surface area contributed by atoms with Gasteiger partial charge in [-0.2, -0.15) is 0 Å². The van der Waals surface area contributed by atoms with E-state index in [1.54, 1.807) is 0 Å². The van der Waals surface area contributed by atoms with Gasteiger partial charge in [0.25, 0.3) is 0 Å². The summed E-state index contributed by atoms with van der Waals surface area (Å²) in [4.78, 5) is 2.18. The van der Waals surface area contributed by atoms with Gasteiger partial charge in [-0.25, -0.2) is 0 Å². The monoisotopic (exact) mass is 345 g/mol. The lowest BCUT2D eigenvalue weighted by molar-refractivity contribution is 0.517. The van der Waals surface area contributed by atoms with Gasteiger partial charge in [0.1, 0.15) is 5.84 Å². The summed E-state index contributed by atoms with van der Waals surface area (Å²) in [6.07, 6.45) is 6.93. The molecule has 2 aromatic carbocycles. The van der Waals surface area contributed by atoms with Crippen LogP contribution in [-0.4, -0.2) is 28.4 Å². The summed E-state index contributed by atoms with van der Waals surface area (Å²) in [5.74, 6) is 0.670. The second-order valence-corrected chi connectivity index (χ2v) is 7.33. The number of fused-ring (bicyclic) bond motifs is 1. The Labute approximate surface area is 155 Å². The minimum Gasteiger partial charge on any atom is -0.357 e. The average Bonchev–Trinajstić information content (AvgIpc) is 3.32. The Morgan fingerprint density at radius 2 is 1.69 bits per heavy atom. The highest BCUT2D eigenvalue weighted by atomic mass is 15.2. The molecular formula is C23H27N3.